The van der Waals surface area contributed by atoms with Gasteiger partial charge in [0.05, 0.1) is 18.2 Å². The van der Waals surface area contributed by atoms with Crippen molar-refractivity contribution in [3.8, 4) is 6.07 Å². The molecule has 0 aromatic carbocycles. The van der Waals surface area contributed by atoms with Crippen molar-refractivity contribution >= 4 is 0 Å². The van der Waals surface area contributed by atoms with Gasteiger partial charge in [0.2, 0.25) is 0 Å². The summed E-state index contributed by atoms with van der Waals surface area (Å²) in [4.78, 5) is 0. The van der Waals surface area contributed by atoms with E-state index in [9.17, 15) is 0 Å². The Morgan fingerprint density at radius 3 is 2.73 bits per heavy atom. The third kappa shape index (κ3) is 5.84. The molecule has 2 unspecified atom stereocenters. The SMILES string of the molecule is CCC(O)CCNC(C)C#N. The molecule has 11 heavy (non-hydrogen) atoms. The Kier molecular flexibility index (Phi) is 5.81. The van der Waals surface area contributed by atoms with Crippen LogP contribution in [0.4, 0.5) is 0 Å². The molecular formula is C8H16N2O. The van der Waals surface area contributed by atoms with Crippen LogP contribution in [-0.2, 0) is 0 Å². The fraction of sp³-hybridized carbons (Fsp3) is 0.875. The van der Waals surface area contributed by atoms with E-state index in [1.54, 1.807) is 6.92 Å². The van der Waals surface area contributed by atoms with Gasteiger partial charge in [-0.1, -0.05) is 6.92 Å². The summed E-state index contributed by atoms with van der Waals surface area (Å²) in [5.74, 6) is 0. The summed E-state index contributed by atoms with van der Waals surface area (Å²) in [5, 5.41) is 20.5. The molecule has 0 saturated carbocycles. The van der Waals surface area contributed by atoms with Crippen molar-refractivity contribution in [2.75, 3.05) is 6.54 Å². The molecule has 0 aromatic rings. The van der Waals surface area contributed by atoms with Gasteiger partial charge in [-0.2, -0.15) is 5.26 Å². The quantitative estimate of drug-likeness (QED) is 0.614. The monoisotopic (exact) mass is 156 g/mol. The van der Waals surface area contributed by atoms with Gasteiger partial charge in [-0.3, -0.25) is 0 Å². The highest BCUT2D eigenvalue weighted by molar-refractivity contribution is 4.85. The second-order valence-corrected chi connectivity index (χ2v) is 2.66. The van der Waals surface area contributed by atoms with Gasteiger partial charge in [0.25, 0.3) is 0 Å². The summed E-state index contributed by atoms with van der Waals surface area (Å²) in [5.41, 5.74) is 0. The van der Waals surface area contributed by atoms with Gasteiger partial charge in [0, 0.05) is 0 Å². The van der Waals surface area contributed by atoms with Crippen LogP contribution in [0.3, 0.4) is 0 Å². The van der Waals surface area contributed by atoms with E-state index in [0.717, 1.165) is 12.8 Å². The summed E-state index contributed by atoms with van der Waals surface area (Å²) in [6.07, 6.45) is 1.28. The lowest BCUT2D eigenvalue weighted by atomic mass is 10.2. The van der Waals surface area contributed by atoms with E-state index >= 15 is 0 Å². The van der Waals surface area contributed by atoms with Gasteiger partial charge in [-0.25, -0.2) is 0 Å². The van der Waals surface area contributed by atoms with E-state index in [1.165, 1.54) is 0 Å². The van der Waals surface area contributed by atoms with Crippen molar-refractivity contribution in [1.29, 1.82) is 5.26 Å². The van der Waals surface area contributed by atoms with E-state index in [0.29, 0.717) is 6.54 Å². The van der Waals surface area contributed by atoms with Crippen molar-refractivity contribution in [2.45, 2.75) is 38.8 Å². The Bertz CT molecular complexity index is 131. The Balaban J connectivity index is 3.21. The van der Waals surface area contributed by atoms with Crippen LogP contribution >= 0.6 is 0 Å². The molecule has 0 bridgehead atoms. The zero-order valence-corrected chi connectivity index (χ0v) is 7.17. The zero-order chi connectivity index (χ0) is 8.69. The van der Waals surface area contributed by atoms with Gasteiger partial charge < -0.3 is 10.4 Å². The number of aliphatic hydroxyl groups excluding tert-OH is 1. The van der Waals surface area contributed by atoms with Crippen LogP contribution in [0.1, 0.15) is 26.7 Å². The fourth-order valence-electron chi connectivity index (χ4n) is 0.716. The first-order valence-corrected chi connectivity index (χ1v) is 4.01. The number of hydrogen-bond acceptors (Lipinski definition) is 3. The highest BCUT2D eigenvalue weighted by Crippen LogP contribution is 1.94. The van der Waals surface area contributed by atoms with Crippen LogP contribution in [-0.4, -0.2) is 23.8 Å². The van der Waals surface area contributed by atoms with Crippen LogP contribution in [0.5, 0.6) is 0 Å². The van der Waals surface area contributed by atoms with Gasteiger partial charge >= 0.3 is 0 Å². The molecule has 0 radical (unpaired) electrons. The number of rotatable bonds is 5. The molecule has 0 saturated heterocycles. The molecule has 0 aromatic heterocycles. The van der Waals surface area contributed by atoms with Gasteiger partial charge in [0.1, 0.15) is 0 Å². The van der Waals surface area contributed by atoms with Gasteiger partial charge in [-0.05, 0) is 26.3 Å². The molecular weight excluding hydrogens is 140 g/mol. The molecule has 0 amide bonds. The van der Waals surface area contributed by atoms with Crippen molar-refractivity contribution < 1.29 is 5.11 Å². The van der Waals surface area contributed by atoms with Crippen molar-refractivity contribution in [2.24, 2.45) is 0 Å². The molecule has 2 atom stereocenters. The minimum absolute atomic E-state index is 0.112. The predicted molar refractivity (Wildman–Crippen MR) is 44.0 cm³/mol. The van der Waals surface area contributed by atoms with E-state index in [4.69, 9.17) is 10.4 Å². The van der Waals surface area contributed by atoms with Gasteiger partial charge in [0.15, 0.2) is 0 Å². The molecule has 2 N–H and O–H groups in total. The Morgan fingerprint density at radius 2 is 2.27 bits per heavy atom. The lowest BCUT2D eigenvalue weighted by molar-refractivity contribution is 0.159. The van der Waals surface area contributed by atoms with Crippen LogP contribution < -0.4 is 5.32 Å². The smallest absolute Gasteiger partial charge is 0.0924 e. The number of nitrogens with zero attached hydrogens (tertiary/aromatic N) is 1. The van der Waals surface area contributed by atoms with Gasteiger partial charge in [-0.15, -0.1) is 0 Å². The summed E-state index contributed by atoms with van der Waals surface area (Å²) >= 11 is 0. The molecule has 0 fully saturated rings. The Labute approximate surface area is 68.0 Å². The first-order valence-electron chi connectivity index (χ1n) is 4.01. The van der Waals surface area contributed by atoms with Crippen LogP contribution in [0.25, 0.3) is 0 Å². The maximum atomic E-state index is 9.12. The molecule has 0 aliphatic heterocycles. The normalized spacial score (nSPS) is 15.5. The number of hydrogen-bond donors (Lipinski definition) is 2. The van der Waals surface area contributed by atoms with E-state index in [1.807, 2.05) is 6.92 Å². The van der Waals surface area contributed by atoms with Crippen molar-refractivity contribution in [1.82, 2.24) is 5.32 Å². The summed E-state index contributed by atoms with van der Waals surface area (Å²) in [6.45, 7) is 4.46. The van der Waals surface area contributed by atoms with Crippen LogP contribution in [0, 0.1) is 11.3 Å². The molecule has 0 rings (SSSR count). The average molecular weight is 156 g/mol. The standard InChI is InChI=1S/C8H16N2O/c1-3-8(11)4-5-10-7(2)6-9/h7-8,10-11H,3-5H2,1-2H3. The second kappa shape index (κ2) is 6.14. The van der Waals surface area contributed by atoms with Crippen molar-refractivity contribution in [3.63, 3.8) is 0 Å². The lowest BCUT2D eigenvalue weighted by Crippen LogP contribution is -2.27. The maximum Gasteiger partial charge on any atom is 0.0924 e. The van der Waals surface area contributed by atoms with E-state index < -0.39 is 0 Å². The largest absolute Gasteiger partial charge is 0.393 e. The Hall–Kier alpha value is -0.590. The zero-order valence-electron chi connectivity index (χ0n) is 7.17. The van der Waals surface area contributed by atoms with Crippen LogP contribution in [0.2, 0.25) is 0 Å². The summed E-state index contributed by atoms with van der Waals surface area (Å²) < 4.78 is 0. The Morgan fingerprint density at radius 1 is 1.64 bits per heavy atom. The highest BCUT2D eigenvalue weighted by atomic mass is 16.3. The maximum absolute atomic E-state index is 9.12. The topological polar surface area (TPSA) is 56.0 Å². The molecule has 0 heterocycles. The van der Waals surface area contributed by atoms with Crippen LogP contribution in [0.15, 0.2) is 0 Å². The highest BCUT2D eigenvalue weighted by Gasteiger charge is 2.01. The molecule has 0 aliphatic carbocycles. The molecule has 0 aliphatic rings. The minimum Gasteiger partial charge on any atom is -0.393 e. The van der Waals surface area contributed by atoms with E-state index in [-0.39, 0.29) is 12.1 Å². The number of aliphatic hydroxyl groups is 1. The summed E-state index contributed by atoms with van der Waals surface area (Å²) in [7, 11) is 0. The summed E-state index contributed by atoms with van der Waals surface area (Å²) in [6, 6.07) is 1.95. The molecule has 3 nitrogen and oxygen atoms in total. The van der Waals surface area contributed by atoms with E-state index in [2.05, 4.69) is 11.4 Å². The molecule has 0 spiro atoms. The first-order chi connectivity index (χ1) is 5.20. The average Bonchev–Trinajstić information content (AvgIpc) is 2.04. The third-order valence-corrected chi connectivity index (χ3v) is 1.59. The van der Waals surface area contributed by atoms with Crippen molar-refractivity contribution in [3.05, 3.63) is 0 Å². The lowest BCUT2D eigenvalue weighted by Gasteiger charge is -2.09. The first kappa shape index (κ1) is 10.4. The minimum atomic E-state index is -0.228. The number of nitriles is 1. The molecule has 64 valence electrons. The predicted octanol–water partition coefficient (Wildman–Crippen LogP) is 0.649. The fourth-order valence-corrected chi connectivity index (χ4v) is 0.716. The number of nitrogens with one attached hydrogen (secondary N) is 1. The molecule has 3 heteroatoms. The third-order valence-electron chi connectivity index (χ3n) is 1.59. The second-order valence-electron chi connectivity index (χ2n) is 2.66.